The molecule has 1 aromatic carbocycles. The fraction of sp³-hybridized carbons (Fsp3) is 0.600. The first-order valence-corrected chi connectivity index (χ1v) is 8.85. The zero-order valence-corrected chi connectivity index (χ0v) is 13.2. The molecule has 0 unspecified atom stereocenters. The Bertz CT molecular complexity index is 579. The van der Waals surface area contributed by atoms with Gasteiger partial charge in [0.25, 0.3) is 0 Å². The fourth-order valence-corrected chi connectivity index (χ4v) is 3.12. The normalized spacial score (nSPS) is 16.8. The predicted octanol–water partition coefficient (Wildman–Crippen LogP) is 1.92. The Balaban J connectivity index is 1.87. The van der Waals surface area contributed by atoms with Gasteiger partial charge in [0.2, 0.25) is 0 Å². The molecule has 0 bridgehead atoms. The molecule has 0 fully saturated rings. The van der Waals surface area contributed by atoms with Gasteiger partial charge in [-0.3, -0.25) is 0 Å². The van der Waals surface area contributed by atoms with Crippen LogP contribution in [0.1, 0.15) is 31.9 Å². The third kappa shape index (κ3) is 3.96. The summed E-state index contributed by atoms with van der Waals surface area (Å²) in [5, 5.41) is 3.18. The molecule has 20 heavy (non-hydrogen) atoms. The SMILES string of the molecule is CCS(=O)(=O)CCNCc1ccc2c(c1)CC(C)(C)O2. The number of benzene rings is 1. The summed E-state index contributed by atoms with van der Waals surface area (Å²) < 4.78 is 28.6. The fourth-order valence-electron chi connectivity index (χ4n) is 2.38. The molecule has 1 aliphatic rings. The van der Waals surface area contributed by atoms with E-state index in [1.807, 2.05) is 12.1 Å². The van der Waals surface area contributed by atoms with E-state index in [1.165, 1.54) is 11.1 Å². The summed E-state index contributed by atoms with van der Waals surface area (Å²) in [7, 11) is -2.88. The summed E-state index contributed by atoms with van der Waals surface area (Å²) in [6, 6.07) is 6.18. The number of ether oxygens (including phenoxy) is 1. The third-order valence-corrected chi connectivity index (χ3v) is 5.19. The van der Waals surface area contributed by atoms with E-state index in [4.69, 9.17) is 4.74 Å². The second-order valence-electron chi connectivity index (χ2n) is 5.89. The molecule has 0 saturated carbocycles. The standard InChI is InChI=1S/C15H23NO3S/c1-4-20(17,18)8-7-16-11-12-5-6-14-13(9-12)10-15(2,3)19-14/h5-6,9,16H,4,7-8,10-11H2,1-3H3. The summed E-state index contributed by atoms with van der Waals surface area (Å²) >= 11 is 0. The summed E-state index contributed by atoms with van der Waals surface area (Å²) in [6.45, 7) is 7.03. The first-order chi connectivity index (χ1) is 9.31. The Morgan fingerprint density at radius 2 is 2.10 bits per heavy atom. The lowest BCUT2D eigenvalue weighted by Gasteiger charge is -2.16. The van der Waals surface area contributed by atoms with Crippen LogP contribution in [0.2, 0.25) is 0 Å². The van der Waals surface area contributed by atoms with Crippen molar-refractivity contribution < 1.29 is 13.2 Å². The Hall–Kier alpha value is -1.07. The average molecular weight is 297 g/mol. The topological polar surface area (TPSA) is 55.4 Å². The van der Waals surface area contributed by atoms with E-state index in [1.54, 1.807) is 6.92 Å². The molecule has 112 valence electrons. The van der Waals surface area contributed by atoms with Crippen LogP contribution in [-0.4, -0.2) is 32.1 Å². The van der Waals surface area contributed by atoms with Gasteiger partial charge in [0.1, 0.15) is 11.4 Å². The Labute approximate surface area is 121 Å². The first-order valence-electron chi connectivity index (χ1n) is 7.03. The lowest BCUT2D eigenvalue weighted by atomic mass is 10.0. The highest BCUT2D eigenvalue weighted by Crippen LogP contribution is 2.35. The largest absolute Gasteiger partial charge is 0.487 e. The van der Waals surface area contributed by atoms with Crippen LogP contribution in [0.4, 0.5) is 0 Å². The number of hydrogen-bond acceptors (Lipinski definition) is 4. The van der Waals surface area contributed by atoms with Gasteiger partial charge in [-0.2, -0.15) is 0 Å². The second-order valence-corrected chi connectivity index (χ2v) is 8.37. The average Bonchev–Trinajstić information content (AvgIpc) is 2.68. The first kappa shape index (κ1) is 15.3. The summed E-state index contributed by atoms with van der Waals surface area (Å²) in [5.74, 6) is 1.37. The minimum absolute atomic E-state index is 0.121. The minimum atomic E-state index is -2.88. The van der Waals surface area contributed by atoms with E-state index in [-0.39, 0.29) is 17.1 Å². The van der Waals surface area contributed by atoms with Crippen LogP contribution in [0, 0.1) is 0 Å². The zero-order valence-electron chi connectivity index (χ0n) is 12.4. The van der Waals surface area contributed by atoms with Crippen molar-refractivity contribution in [3.8, 4) is 5.75 Å². The summed E-state index contributed by atoms with van der Waals surface area (Å²) in [4.78, 5) is 0. The van der Waals surface area contributed by atoms with Gasteiger partial charge in [-0.1, -0.05) is 19.1 Å². The molecule has 0 amide bonds. The number of hydrogen-bond donors (Lipinski definition) is 1. The van der Waals surface area contributed by atoms with Crippen molar-refractivity contribution in [2.75, 3.05) is 18.1 Å². The minimum Gasteiger partial charge on any atom is -0.487 e. The van der Waals surface area contributed by atoms with E-state index in [9.17, 15) is 8.42 Å². The van der Waals surface area contributed by atoms with Crippen LogP contribution in [-0.2, 0) is 22.8 Å². The molecule has 0 spiro atoms. The monoisotopic (exact) mass is 297 g/mol. The number of rotatable bonds is 6. The van der Waals surface area contributed by atoms with Crippen LogP contribution < -0.4 is 10.1 Å². The van der Waals surface area contributed by atoms with E-state index < -0.39 is 9.84 Å². The molecule has 0 aromatic heterocycles. The maximum Gasteiger partial charge on any atom is 0.151 e. The van der Waals surface area contributed by atoms with Crippen LogP contribution >= 0.6 is 0 Å². The summed E-state index contributed by atoms with van der Waals surface area (Å²) in [6.07, 6.45) is 0.917. The molecule has 1 aliphatic heterocycles. The zero-order chi connectivity index (χ0) is 14.8. The van der Waals surface area contributed by atoms with Crippen molar-refractivity contribution in [2.24, 2.45) is 0 Å². The molecule has 1 aromatic rings. The van der Waals surface area contributed by atoms with Crippen LogP contribution in [0.25, 0.3) is 0 Å². The van der Waals surface area contributed by atoms with Gasteiger partial charge in [-0.15, -0.1) is 0 Å². The molecule has 1 N–H and O–H groups in total. The Kier molecular flexibility index (Phi) is 4.39. The molecule has 1 heterocycles. The van der Waals surface area contributed by atoms with Gasteiger partial charge in [0, 0.05) is 25.3 Å². The van der Waals surface area contributed by atoms with Gasteiger partial charge >= 0.3 is 0 Å². The van der Waals surface area contributed by atoms with Crippen molar-refractivity contribution in [2.45, 2.75) is 39.3 Å². The van der Waals surface area contributed by atoms with E-state index in [0.717, 1.165) is 12.2 Å². The lowest BCUT2D eigenvalue weighted by molar-refractivity contribution is 0.138. The predicted molar refractivity (Wildman–Crippen MR) is 80.9 cm³/mol. The van der Waals surface area contributed by atoms with Gasteiger partial charge < -0.3 is 10.1 Å². The van der Waals surface area contributed by atoms with Crippen molar-refractivity contribution in [1.29, 1.82) is 0 Å². The van der Waals surface area contributed by atoms with Gasteiger partial charge in [0.15, 0.2) is 9.84 Å². The van der Waals surface area contributed by atoms with E-state index >= 15 is 0 Å². The highest BCUT2D eigenvalue weighted by Gasteiger charge is 2.29. The molecule has 0 aliphatic carbocycles. The maximum atomic E-state index is 11.4. The van der Waals surface area contributed by atoms with Crippen molar-refractivity contribution in [1.82, 2.24) is 5.32 Å². The van der Waals surface area contributed by atoms with Crippen LogP contribution in [0.3, 0.4) is 0 Å². The third-order valence-electron chi connectivity index (χ3n) is 3.49. The van der Waals surface area contributed by atoms with Crippen LogP contribution in [0.15, 0.2) is 18.2 Å². The van der Waals surface area contributed by atoms with Gasteiger partial charge in [-0.25, -0.2) is 8.42 Å². The van der Waals surface area contributed by atoms with Crippen molar-refractivity contribution in [3.05, 3.63) is 29.3 Å². The number of sulfone groups is 1. The molecule has 0 radical (unpaired) electrons. The highest BCUT2D eigenvalue weighted by atomic mass is 32.2. The molecule has 5 heteroatoms. The van der Waals surface area contributed by atoms with Crippen molar-refractivity contribution in [3.63, 3.8) is 0 Å². The van der Waals surface area contributed by atoms with E-state index in [0.29, 0.717) is 13.1 Å². The second kappa shape index (κ2) is 5.74. The number of nitrogens with one attached hydrogen (secondary N) is 1. The van der Waals surface area contributed by atoms with E-state index in [2.05, 4.69) is 25.2 Å². The number of fused-ring (bicyclic) bond motifs is 1. The smallest absolute Gasteiger partial charge is 0.151 e. The van der Waals surface area contributed by atoms with Gasteiger partial charge in [0.05, 0.1) is 5.75 Å². The molecule has 0 atom stereocenters. The molecule has 4 nitrogen and oxygen atoms in total. The molecular weight excluding hydrogens is 274 g/mol. The van der Waals surface area contributed by atoms with Crippen molar-refractivity contribution >= 4 is 9.84 Å². The summed E-state index contributed by atoms with van der Waals surface area (Å²) in [5.41, 5.74) is 2.28. The molecule has 2 rings (SSSR count). The lowest BCUT2D eigenvalue weighted by Crippen LogP contribution is -2.24. The molecular formula is C15H23NO3S. The van der Waals surface area contributed by atoms with Crippen LogP contribution in [0.5, 0.6) is 5.75 Å². The van der Waals surface area contributed by atoms with Gasteiger partial charge in [-0.05, 0) is 31.0 Å². The maximum absolute atomic E-state index is 11.4. The quantitative estimate of drug-likeness (QED) is 0.815. The Morgan fingerprint density at radius 1 is 1.35 bits per heavy atom. The Morgan fingerprint density at radius 3 is 2.80 bits per heavy atom. The molecule has 0 saturated heterocycles. The highest BCUT2D eigenvalue weighted by molar-refractivity contribution is 7.91.